The Balaban J connectivity index is 0.000000280. The summed E-state index contributed by atoms with van der Waals surface area (Å²) in [6.07, 6.45) is 5.94. The maximum Gasteiger partial charge on any atom is 0.192 e. The number of hydrogen-bond acceptors (Lipinski definition) is 6. The first-order valence-corrected chi connectivity index (χ1v) is 13.3. The number of benzene rings is 2. The first-order chi connectivity index (χ1) is 17.4. The van der Waals surface area contributed by atoms with Gasteiger partial charge in [0.25, 0.3) is 0 Å². The largest absolute Gasteiger partial charge is 0.495 e. The Kier molecular flexibility index (Phi) is 7.10. The first-order valence-electron chi connectivity index (χ1n) is 12.5. The molecule has 190 valence electrons. The van der Waals surface area contributed by atoms with Crippen molar-refractivity contribution in [3.63, 3.8) is 0 Å². The van der Waals surface area contributed by atoms with Crippen molar-refractivity contribution in [3.8, 4) is 11.5 Å². The van der Waals surface area contributed by atoms with Crippen molar-refractivity contribution in [2.45, 2.75) is 49.5 Å². The molecule has 0 saturated carbocycles. The summed E-state index contributed by atoms with van der Waals surface area (Å²) in [5, 5.41) is 12.3. The molecule has 36 heavy (non-hydrogen) atoms. The molecule has 4 atom stereocenters. The van der Waals surface area contributed by atoms with Gasteiger partial charge in [-0.3, -0.25) is 9.88 Å². The summed E-state index contributed by atoms with van der Waals surface area (Å²) < 4.78 is 18.4. The van der Waals surface area contributed by atoms with Crippen molar-refractivity contribution >= 4 is 15.9 Å². The number of fused-ring (bicyclic) bond motifs is 3. The molecule has 3 aromatic rings. The van der Waals surface area contributed by atoms with Gasteiger partial charge in [0.2, 0.25) is 0 Å². The van der Waals surface area contributed by atoms with E-state index < -0.39 is 11.2 Å². The Morgan fingerprint density at radius 2 is 1.72 bits per heavy atom. The van der Waals surface area contributed by atoms with Crippen molar-refractivity contribution < 1.29 is 19.3 Å². The quantitative estimate of drug-likeness (QED) is 0.465. The van der Waals surface area contributed by atoms with Crippen LogP contribution in [0.2, 0.25) is 0 Å². The summed E-state index contributed by atoms with van der Waals surface area (Å²) in [6.45, 7) is 3.99. The van der Waals surface area contributed by atoms with E-state index in [0.717, 1.165) is 47.3 Å². The second-order valence-electron chi connectivity index (χ2n) is 9.73. The second kappa shape index (κ2) is 10.1. The second-order valence-corrected chi connectivity index (χ2v) is 10.6. The van der Waals surface area contributed by atoms with Crippen molar-refractivity contribution in [2.75, 3.05) is 27.4 Å². The summed E-state index contributed by atoms with van der Waals surface area (Å²) in [5.74, 6) is 1.07. The first kappa shape index (κ1) is 25.2. The van der Waals surface area contributed by atoms with Gasteiger partial charge >= 0.3 is 0 Å². The lowest BCUT2D eigenvalue weighted by molar-refractivity contribution is -0.113. The normalized spacial score (nSPS) is 28.2. The lowest BCUT2D eigenvalue weighted by Crippen LogP contribution is -2.61. The monoisotopic (exact) mass is 552 g/mol. The van der Waals surface area contributed by atoms with E-state index in [1.165, 1.54) is 6.42 Å². The van der Waals surface area contributed by atoms with Gasteiger partial charge in [0.15, 0.2) is 5.60 Å². The van der Waals surface area contributed by atoms with Crippen LogP contribution >= 0.6 is 15.9 Å². The van der Waals surface area contributed by atoms with Crippen molar-refractivity contribution in [3.05, 3.63) is 88.2 Å². The maximum atomic E-state index is 12.3. The SMILES string of the molecule is CCCC1(O)c2c(OC)cncc2OC1(c1ccccc1)c1ccc(Br)cc1.CN1C2COC[C@H]1C2. The number of morpholine rings is 1. The highest BCUT2D eigenvalue weighted by molar-refractivity contribution is 9.10. The van der Waals surface area contributed by atoms with Crippen LogP contribution in [0.5, 0.6) is 11.5 Å². The molecule has 4 aliphatic heterocycles. The highest BCUT2D eigenvalue weighted by atomic mass is 79.9. The van der Waals surface area contributed by atoms with Gasteiger partial charge in [-0.2, -0.15) is 0 Å². The molecule has 3 saturated heterocycles. The van der Waals surface area contributed by atoms with E-state index in [9.17, 15) is 5.11 Å². The highest BCUT2D eigenvalue weighted by Gasteiger charge is 2.62. The summed E-state index contributed by atoms with van der Waals surface area (Å²) in [5.41, 5.74) is -0.0225. The molecule has 5 heterocycles. The predicted octanol–water partition coefficient (Wildman–Crippen LogP) is 5.27. The van der Waals surface area contributed by atoms with E-state index in [1.807, 2.05) is 54.6 Å². The van der Waals surface area contributed by atoms with Crippen molar-refractivity contribution in [2.24, 2.45) is 0 Å². The fraction of sp³-hybridized carbons (Fsp3) is 0.414. The summed E-state index contributed by atoms with van der Waals surface area (Å²) in [6, 6.07) is 19.3. The third-order valence-corrected chi connectivity index (χ3v) is 8.24. The number of rotatable bonds is 5. The zero-order valence-corrected chi connectivity index (χ0v) is 22.6. The van der Waals surface area contributed by atoms with E-state index >= 15 is 0 Å². The van der Waals surface area contributed by atoms with E-state index in [4.69, 9.17) is 14.2 Å². The number of aromatic nitrogens is 1. The fourth-order valence-corrected chi connectivity index (χ4v) is 6.05. The zero-order chi connectivity index (χ0) is 25.3. The summed E-state index contributed by atoms with van der Waals surface area (Å²) in [7, 11) is 3.77. The van der Waals surface area contributed by atoms with Gasteiger partial charge in [0, 0.05) is 27.7 Å². The number of methoxy groups -OCH3 is 1. The Hall–Kier alpha value is -2.45. The molecule has 6 nitrogen and oxygen atoms in total. The smallest absolute Gasteiger partial charge is 0.192 e. The summed E-state index contributed by atoms with van der Waals surface area (Å²) >= 11 is 3.50. The number of pyridine rings is 1. The van der Waals surface area contributed by atoms with Crippen LogP contribution < -0.4 is 9.47 Å². The van der Waals surface area contributed by atoms with Gasteiger partial charge in [-0.15, -0.1) is 0 Å². The van der Waals surface area contributed by atoms with E-state index in [0.29, 0.717) is 23.5 Å². The molecule has 7 rings (SSSR count). The molecule has 1 aromatic heterocycles. The van der Waals surface area contributed by atoms with E-state index in [-0.39, 0.29) is 0 Å². The third-order valence-electron chi connectivity index (χ3n) is 7.71. The number of hydrogen-bond donors (Lipinski definition) is 1. The fourth-order valence-electron chi connectivity index (χ4n) is 5.79. The van der Waals surface area contributed by atoms with Crippen LogP contribution in [0.15, 0.2) is 71.5 Å². The predicted molar refractivity (Wildman–Crippen MR) is 142 cm³/mol. The van der Waals surface area contributed by atoms with Gasteiger partial charge in [-0.25, -0.2) is 0 Å². The maximum absolute atomic E-state index is 12.3. The molecule has 4 aliphatic rings. The number of likely N-dealkylation sites (N-methyl/N-ethyl adjacent to an activating group) is 1. The lowest BCUT2D eigenvalue weighted by Gasteiger charge is -2.50. The number of ether oxygens (including phenoxy) is 3. The molecule has 2 bridgehead atoms. The van der Waals surface area contributed by atoms with Crippen LogP contribution in [0.3, 0.4) is 0 Å². The van der Waals surface area contributed by atoms with Gasteiger partial charge < -0.3 is 19.3 Å². The Labute approximate surface area is 221 Å². The third kappa shape index (κ3) is 4.02. The van der Waals surface area contributed by atoms with Gasteiger partial charge in [0.1, 0.15) is 17.1 Å². The minimum atomic E-state index is -1.32. The Morgan fingerprint density at radius 1 is 1.06 bits per heavy atom. The average Bonchev–Trinajstić information content (AvgIpc) is 3.19. The molecule has 3 unspecified atom stereocenters. The van der Waals surface area contributed by atoms with Crippen molar-refractivity contribution in [1.82, 2.24) is 9.88 Å². The molecule has 1 N–H and O–H groups in total. The van der Waals surface area contributed by atoms with Gasteiger partial charge in [-0.05, 0) is 32.0 Å². The molecule has 3 fully saturated rings. The molecular formula is C29H33BrN2O4. The Morgan fingerprint density at radius 3 is 2.28 bits per heavy atom. The molecular weight excluding hydrogens is 520 g/mol. The van der Waals surface area contributed by atoms with Gasteiger partial charge in [-0.1, -0.05) is 71.7 Å². The summed E-state index contributed by atoms with van der Waals surface area (Å²) in [4.78, 5) is 6.66. The van der Waals surface area contributed by atoms with Crippen LogP contribution in [-0.2, 0) is 15.9 Å². The zero-order valence-electron chi connectivity index (χ0n) is 21.0. The average molecular weight is 553 g/mol. The van der Waals surface area contributed by atoms with Gasteiger partial charge in [0.05, 0.1) is 38.3 Å². The molecule has 0 radical (unpaired) electrons. The molecule has 2 aromatic carbocycles. The molecule has 0 spiro atoms. The number of halogens is 1. The minimum absolute atomic E-state index is 0.505. The highest BCUT2D eigenvalue weighted by Crippen LogP contribution is 2.60. The van der Waals surface area contributed by atoms with Crippen LogP contribution in [0.25, 0.3) is 0 Å². The van der Waals surface area contributed by atoms with Crippen LogP contribution in [0.1, 0.15) is 42.9 Å². The lowest BCUT2D eigenvalue weighted by atomic mass is 9.69. The van der Waals surface area contributed by atoms with Crippen molar-refractivity contribution in [1.29, 1.82) is 0 Å². The van der Waals surface area contributed by atoms with Crippen LogP contribution in [-0.4, -0.2) is 54.4 Å². The standard InChI is InChI=1S/C23H22BrNO3.C6H11NO/c1-3-13-22(26)21-19(27-2)14-25-15-20(21)28-23(22,16-7-5-4-6-8-16)17-9-11-18(24)12-10-17;1-7-5-2-6(7)4-8-3-5/h4-12,14-15,26H,3,13H2,1-2H3;5-6H,2-4H2,1H3/t;5-,6?/m.1/s1. The Bertz CT molecular complexity index is 1180. The van der Waals surface area contributed by atoms with E-state index in [2.05, 4.69) is 39.8 Å². The van der Waals surface area contributed by atoms with Crippen LogP contribution in [0, 0.1) is 0 Å². The topological polar surface area (TPSA) is 64.0 Å². The van der Waals surface area contributed by atoms with Crippen LogP contribution in [0.4, 0.5) is 0 Å². The molecule has 0 aliphatic carbocycles. The molecule has 7 heteroatoms. The number of nitrogens with zero attached hydrogens (tertiary/aromatic N) is 2. The molecule has 0 amide bonds. The van der Waals surface area contributed by atoms with E-state index in [1.54, 1.807) is 19.5 Å². The number of aliphatic hydroxyl groups is 1. The minimum Gasteiger partial charge on any atom is -0.495 e.